The van der Waals surface area contributed by atoms with E-state index < -0.39 is 34.5 Å². The SMILES string of the molecule is O=C1[C@@H]2[C@@H](C(=O)N1c1ccccc1-c1ccccc1)[C@@]1(c3ccc(Cl)cc3)C(=O)[C@@]2(c2ccc(Cl)cc2)C(c2ccccc2)=C1c1ccccc1. The summed E-state index contributed by atoms with van der Waals surface area (Å²) in [6.07, 6.45) is 0. The van der Waals surface area contributed by atoms with E-state index in [9.17, 15) is 0 Å². The van der Waals surface area contributed by atoms with Gasteiger partial charge >= 0.3 is 0 Å². The van der Waals surface area contributed by atoms with Crippen LogP contribution in [0.1, 0.15) is 22.3 Å². The van der Waals surface area contributed by atoms with Crippen molar-refractivity contribution in [1.82, 2.24) is 0 Å². The predicted octanol–water partition coefficient (Wildman–Crippen LogP) is 9.85. The molecule has 1 saturated heterocycles. The number of rotatable bonds is 6. The van der Waals surface area contributed by atoms with Gasteiger partial charge in [0.05, 0.1) is 28.4 Å². The zero-order valence-corrected chi connectivity index (χ0v) is 28.7. The second-order valence-corrected chi connectivity index (χ2v) is 14.2. The highest BCUT2D eigenvalue weighted by atomic mass is 35.5. The van der Waals surface area contributed by atoms with Crippen LogP contribution in [0.5, 0.6) is 0 Å². The number of halogens is 2. The smallest absolute Gasteiger partial charge is 0.239 e. The summed E-state index contributed by atoms with van der Waals surface area (Å²) in [5.41, 5.74) is 3.31. The predicted molar refractivity (Wildman–Crippen MR) is 202 cm³/mol. The zero-order chi connectivity index (χ0) is 34.9. The number of allylic oxidation sites excluding steroid dienone is 2. The van der Waals surface area contributed by atoms with Gasteiger partial charge in [-0.2, -0.15) is 0 Å². The van der Waals surface area contributed by atoms with Gasteiger partial charge in [0.25, 0.3) is 0 Å². The lowest BCUT2D eigenvalue weighted by Gasteiger charge is -2.39. The van der Waals surface area contributed by atoms with Crippen molar-refractivity contribution in [2.45, 2.75) is 10.8 Å². The lowest BCUT2D eigenvalue weighted by molar-refractivity contribution is -0.130. The first kappa shape index (κ1) is 31.4. The van der Waals surface area contributed by atoms with Gasteiger partial charge in [0.2, 0.25) is 11.8 Å². The third kappa shape index (κ3) is 4.24. The molecule has 0 spiro atoms. The maximum atomic E-state index is 16.2. The minimum Gasteiger partial charge on any atom is -0.297 e. The highest BCUT2D eigenvalue weighted by molar-refractivity contribution is 6.39. The van der Waals surface area contributed by atoms with E-state index in [1.165, 1.54) is 4.90 Å². The average Bonchev–Trinajstić information content (AvgIpc) is 3.68. The van der Waals surface area contributed by atoms with Gasteiger partial charge in [-0.1, -0.05) is 157 Å². The molecule has 2 fully saturated rings. The zero-order valence-electron chi connectivity index (χ0n) is 27.2. The molecule has 3 aliphatic rings. The van der Waals surface area contributed by atoms with Crippen LogP contribution in [0.2, 0.25) is 10.0 Å². The van der Waals surface area contributed by atoms with Gasteiger partial charge in [0.1, 0.15) is 0 Å². The number of carbonyl (C=O) groups is 3. The van der Waals surface area contributed by atoms with Gasteiger partial charge in [0.15, 0.2) is 5.78 Å². The summed E-state index contributed by atoms with van der Waals surface area (Å²) in [6.45, 7) is 0. The van der Waals surface area contributed by atoms with Crippen molar-refractivity contribution in [2.24, 2.45) is 11.8 Å². The van der Waals surface area contributed by atoms with Crippen LogP contribution < -0.4 is 4.90 Å². The Balaban J connectivity index is 1.42. The van der Waals surface area contributed by atoms with Gasteiger partial charge in [-0.25, -0.2) is 4.90 Å². The molecular weight excluding hydrogens is 673 g/mol. The van der Waals surface area contributed by atoms with E-state index in [1.807, 2.05) is 140 Å². The normalized spacial score (nSPS) is 23.6. The molecule has 0 radical (unpaired) electrons. The minimum atomic E-state index is -1.54. The summed E-state index contributed by atoms with van der Waals surface area (Å²) in [6, 6.07) is 51.1. The summed E-state index contributed by atoms with van der Waals surface area (Å²) in [4.78, 5) is 48.5. The fourth-order valence-corrected chi connectivity index (χ4v) is 9.38. The van der Waals surface area contributed by atoms with Crippen LogP contribution in [0.4, 0.5) is 5.69 Å². The van der Waals surface area contributed by atoms with Crippen molar-refractivity contribution in [3.05, 3.63) is 196 Å². The quantitative estimate of drug-likeness (QED) is 0.163. The first-order chi connectivity index (χ1) is 24.9. The molecule has 1 heterocycles. The fraction of sp³-hybridized carbons (Fsp3) is 0.0889. The Kier molecular flexibility index (Phi) is 7.25. The topological polar surface area (TPSA) is 54.5 Å². The Labute approximate surface area is 305 Å². The van der Waals surface area contributed by atoms with Crippen LogP contribution in [0.3, 0.4) is 0 Å². The first-order valence-electron chi connectivity index (χ1n) is 16.9. The number of hydrogen-bond donors (Lipinski definition) is 0. The van der Waals surface area contributed by atoms with Crippen LogP contribution in [0.15, 0.2) is 164 Å². The molecule has 2 bridgehead atoms. The number of carbonyl (C=O) groups excluding carboxylic acids is 3. The summed E-state index contributed by atoms with van der Waals surface area (Å²) in [5, 5.41) is 1.000. The number of imide groups is 1. The monoisotopic (exact) mass is 701 g/mol. The van der Waals surface area contributed by atoms with E-state index in [1.54, 1.807) is 24.3 Å². The molecule has 2 amide bonds. The van der Waals surface area contributed by atoms with Crippen molar-refractivity contribution in [2.75, 3.05) is 4.90 Å². The summed E-state index contributed by atoms with van der Waals surface area (Å²) >= 11 is 12.9. The standard InChI is InChI=1S/C45H29Cl2NO3/c46-33-24-20-31(21-25-33)44-37(29-14-6-2-7-15-29)38(30-16-8-3-9-17-30)45(43(44)51,32-22-26-34(47)27-23-32)40-39(44)41(49)48(42(40)50)36-19-11-10-18-35(36)28-12-4-1-5-13-28/h1-27,39-40H/t39-,40-,44-,45-/m0/s1. The van der Waals surface area contributed by atoms with Crippen molar-refractivity contribution < 1.29 is 14.4 Å². The molecule has 2 aliphatic carbocycles. The molecule has 9 rings (SSSR count). The number of anilines is 1. The molecule has 51 heavy (non-hydrogen) atoms. The summed E-state index contributed by atoms with van der Waals surface area (Å²) < 4.78 is 0. The van der Waals surface area contributed by atoms with Crippen molar-refractivity contribution >= 4 is 57.6 Å². The Morgan fingerprint density at radius 2 is 0.804 bits per heavy atom. The molecule has 1 aliphatic heterocycles. The summed E-state index contributed by atoms with van der Waals surface area (Å²) in [5.74, 6) is -3.13. The second kappa shape index (κ2) is 11.8. The summed E-state index contributed by atoms with van der Waals surface area (Å²) in [7, 11) is 0. The largest absolute Gasteiger partial charge is 0.297 e. The van der Waals surface area contributed by atoms with Crippen LogP contribution in [0.25, 0.3) is 22.3 Å². The molecule has 0 N–H and O–H groups in total. The van der Waals surface area contributed by atoms with Crippen LogP contribution in [-0.2, 0) is 25.2 Å². The number of nitrogens with zero attached hydrogens (tertiary/aromatic N) is 1. The van der Waals surface area contributed by atoms with E-state index in [4.69, 9.17) is 23.2 Å². The lowest BCUT2D eigenvalue weighted by atomic mass is 9.59. The number of Topliss-reactive ketones (excluding diaryl/α,β-unsaturated/α-hetero) is 1. The highest BCUT2D eigenvalue weighted by Gasteiger charge is 2.82. The number of amides is 2. The highest BCUT2D eigenvalue weighted by Crippen LogP contribution is 2.74. The molecule has 0 unspecified atom stereocenters. The molecule has 4 nitrogen and oxygen atoms in total. The third-order valence-electron chi connectivity index (χ3n) is 10.9. The van der Waals surface area contributed by atoms with E-state index in [0.717, 1.165) is 33.4 Å². The lowest BCUT2D eigenvalue weighted by Crippen LogP contribution is -2.45. The third-order valence-corrected chi connectivity index (χ3v) is 11.5. The van der Waals surface area contributed by atoms with Crippen molar-refractivity contribution in [3.8, 4) is 11.1 Å². The molecule has 246 valence electrons. The van der Waals surface area contributed by atoms with Crippen molar-refractivity contribution in [1.29, 1.82) is 0 Å². The number of ketones is 1. The van der Waals surface area contributed by atoms with Crippen LogP contribution >= 0.6 is 23.2 Å². The molecule has 6 aromatic carbocycles. The molecular formula is C45H29Cl2NO3. The van der Waals surface area contributed by atoms with Gasteiger partial charge in [-0.15, -0.1) is 0 Å². The van der Waals surface area contributed by atoms with Crippen LogP contribution in [0, 0.1) is 11.8 Å². The van der Waals surface area contributed by atoms with E-state index >= 15 is 14.4 Å². The van der Waals surface area contributed by atoms with Gasteiger partial charge in [-0.05, 0) is 69.3 Å². The first-order valence-corrected chi connectivity index (χ1v) is 17.6. The van der Waals surface area contributed by atoms with E-state index in [0.29, 0.717) is 26.9 Å². The van der Waals surface area contributed by atoms with E-state index in [-0.39, 0.29) is 5.78 Å². The molecule has 6 heteroatoms. The van der Waals surface area contributed by atoms with Gasteiger partial charge in [0, 0.05) is 15.6 Å². The number of benzene rings is 6. The van der Waals surface area contributed by atoms with Crippen molar-refractivity contribution in [3.63, 3.8) is 0 Å². The van der Waals surface area contributed by atoms with Gasteiger partial charge < -0.3 is 0 Å². The van der Waals surface area contributed by atoms with Gasteiger partial charge in [-0.3, -0.25) is 14.4 Å². The molecule has 4 atom stereocenters. The Morgan fingerprint density at radius 3 is 1.24 bits per heavy atom. The number of para-hydroxylation sites is 1. The Hall–Kier alpha value is -5.55. The average molecular weight is 703 g/mol. The molecule has 0 aromatic heterocycles. The minimum absolute atomic E-state index is 0.204. The number of fused-ring (bicyclic) bond motifs is 5. The Morgan fingerprint density at radius 1 is 0.431 bits per heavy atom. The second-order valence-electron chi connectivity index (χ2n) is 13.3. The fourth-order valence-electron chi connectivity index (χ4n) is 9.13. The molecule has 1 saturated carbocycles. The molecule has 6 aromatic rings. The number of hydrogen-bond acceptors (Lipinski definition) is 3. The Bertz CT molecular complexity index is 2270. The maximum absolute atomic E-state index is 16.2. The van der Waals surface area contributed by atoms with E-state index in [2.05, 4.69) is 0 Å². The van der Waals surface area contributed by atoms with Crippen LogP contribution in [-0.4, -0.2) is 17.6 Å². The maximum Gasteiger partial charge on any atom is 0.239 e.